The van der Waals surface area contributed by atoms with Gasteiger partial charge in [-0.2, -0.15) is 0 Å². The van der Waals surface area contributed by atoms with Crippen LogP contribution < -0.4 is 5.32 Å². The van der Waals surface area contributed by atoms with Crippen LogP contribution in [-0.2, 0) is 16.1 Å². The first-order chi connectivity index (χ1) is 13.7. The number of hydrogen-bond acceptors (Lipinski definition) is 4. The predicted octanol–water partition coefficient (Wildman–Crippen LogP) is 2.80. The number of rotatable bonds is 4. The molecule has 7 heteroatoms. The van der Waals surface area contributed by atoms with Gasteiger partial charge in [0, 0.05) is 44.2 Å². The number of ether oxygens (including phenoxy) is 1. The fourth-order valence-electron chi connectivity index (χ4n) is 3.26. The molecule has 1 aromatic carbocycles. The summed E-state index contributed by atoms with van der Waals surface area (Å²) in [4.78, 5) is 40.3. The summed E-state index contributed by atoms with van der Waals surface area (Å²) in [7, 11) is 0. The topological polar surface area (TPSA) is 79.0 Å². The van der Waals surface area contributed by atoms with E-state index in [9.17, 15) is 14.4 Å². The van der Waals surface area contributed by atoms with E-state index in [1.807, 2.05) is 32.9 Å². The maximum atomic E-state index is 12.9. The Morgan fingerprint density at radius 3 is 2.24 bits per heavy atom. The van der Waals surface area contributed by atoms with E-state index in [0.29, 0.717) is 38.3 Å². The maximum Gasteiger partial charge on any atom is 0.410 e. The van der Waals surface area contributed by atoms with Crippen molar-refractivity contribution in [3.63, 3.8) is 0 Å². The number of carbonyl (C=O) groups excluding carboxylic acids is 3. The van der Waals surface area contributed by atoms with Gasteiger partial charge in [-0.3, -0.25) is 9.59 Å². The lowest BCUT2D eigenvalue weighted by molar-refractivity contribution is -0.122. The maximum absolute atomic E-state index is 12.9. The van der Waals surface area contributed by atoms with Crippen LogP contribution in [-0.4, -0.2) is 59.5 Å². The zero-order valence-electron chi connectivity index (χ0n) is 17.6. The SMILES string of the molecule is CC(C)(C)OC(=O)N1CCCN(C(=O)c2ccc(CNC(=O)C3CC3)cc2)CC1. The van der Waals surface area contributed by atoms with Crippen LogP contribution in [0.2, 0.25) is 0 Å². The van der Waals surface area contributed by atoms with Crippen molar-refractivity contribution in [2.75, 3.05) is 26.2 Å². The zero-order valence-corrected chi connectivity index (χ0v) is 17.6. The predicted molar refractivity (Wildman–Crippen MR) is 109 cm³/mol. The molecule has 1 N–H and O–H groups in total. The van der Waals surface area contributed by atoms with Crippen molar-refractivity contribution in [1.29, 1.82) is 0 Å². The minimum Gasteiger partial charge on any atom is -0.444 e. The Morgan fingerprint density at radius 2 is 1.62 bits per heavy atom. The number of nitrogens with one attached hydrogen (secondary N) is 1. The van der Waals surface area contributed by atoms with Crippen LogP contribution in [0.4, 0.5) is 4.79 Å². The van der Waals surface area contributed by atoms with Gasteiger partial charge in [-0.1, -0.05) is 12.1 Å². The highest BCUT2D eigenvalue weighted by molar-refractivity contribution is 5.94. The van der Waals surface area contributed by atoms with Crippen LogP contribution in [0.25, 0.3) is 0 Å². The van der Waals surface area contributed by atoms with Crippen molar-refractivity contribution in [1.82, 2.24) is 15.1 Å². The monoisotopic (exact) mass is 401 g/mol. The highest BCUT2D eigenvalue weighted by Gasteiger charge is 2.29. The Morgan fingerprint density at radius 1 is 1.00 bits per heavy atom. The highest BCUT2D eigenvalue weighted by atomic mass is 16.6. The average Bonchev–Trinajstić information content (AvgIpc) is 3.51. The van der Waals surface area contributed by atoms with E-state index in [1.54, 1.807) is 21.9 Å². The third-order valence-electron chi connectivity index (χ3n) is 5.05. The minimum atomic E-state index is -0.529. The number of benzene rings is 1. The van der Waals surface area contributed by atoms with E-state index >= 15 is 0 Å². The average molecular weight is 402 g/mol. The molecule has 0 spiro atoms. The summed E-state index contributed by atoms with van der Waals surface area (Å²) in [5.74, 6) is 0.271. The van der Waals surface area contributed by atoms with Crippen LogP contribution in [0.5, 0.6) is 0 Å². The molecule has 1 aromatic rings. The zero-order chi connectivity index (χ0) is 21.0. The highest BCUT2D eigenvalue weighted by Crippen LogP contribution is 2.28. The number of nitrogens with zero attached hydrogens (tertiary/aromatic N) is 2. The van der Waals surface area contributed by atoms with Crippen molar-refractivity contribution in [3.05, 3.63) is 35.4 Å². The molecule has 0 radical (unpaired) electrons. The molecule has 158 valence electrons. The summed E-state index contributed by atoms with van der Waals surface area (Å²) in [6.45, 7) is 8.16. The molecule has 2 aliphatic rings. The van der Waals surface area contributed by atoms with E-state index in [0.717, 1.165) is 24.8 Å². The molecular weight excluding hydrogens is 370 g/mol. The smallest absolute Gasteiger partial charge is 0.410 e. The fraction of sp³-hybridized carbons (Fsp3) is 0.591. The van der Waals surface area contributed by atoms with E-state index in [4.69, 9.17) is 4.74 Å². The summed E-state index contributed by atoms with van der Waals surface area (Å²) in [6.07, 6.45) is 2.36. The molecule has 1 saturated carbocycles. The van der Waals surface area contributed by atoms with Crippen molar-refractivity contribution >= 4 is 17.9 Å². The molecule has 3 amide bonds. The van der Waals surface area contributed by atoms with Crippen molar-refractivity contribution in [2.24, 2.45) is 5.92 Å². The molecule has 3 rings (SSSR count). The van der Waals surface area contributed by atoms with E-state index < -0.39 is 5.60 Å². The number of carbonyl (C=O) groups is 3. The summed E-state index contributed by atoms with van der Waals surface area (Å²) in [5, 5.41) is 2.93. The summed E-state index contributed by atoms with van der Waals surface area (Å²) in [5.41, 5.74) is 1.06. The Hall–Kier alpha value is -2.57. The molecule has 2 fully saturated rings. The number of hydrogen-bond donors (Lipinski definition) is 1. The second-order valence-corrected chi connectivity index (χ2v) is 8.80. The second-order valence-electron chi connectivity index (χ2n) is 8.80. The fourth-order valence-corrected chi connectivity index (χ4v) is 3.26. The van der Waals surface area contributed by atoms with Crippen LogP contribution in [0, 0.1) is 5.92 Å². The third-order valence-corrected chi connectivity index (χ3v) is 5.05. The van der Waals surface area contributed by atoms with Gasteiger partial charge in [-0.15, -0.1) is 0 Å². The van der Waals surface area contributed by atoms with Gasteiger partial charge < -0.3 is 19.9 Å². The lowest BCUT2D eigenvalue weighted by Gasteiger charge is -2.26. The van der Waals surface area contributed by atoms with Gasteiger partial charge in [0.15, 0.2) is 0 Å². The lowest BCUT2D eigenvalue weighted by Crippen LogP contribution is -2.40. The summed E-state index contributed by atoms with van der Waals surface area (Å²) >= 11 is 0. The van der Waals surface area contributed by atoms with Crippen LogP contribution >= 0.6 is 0 Å². The first-order valence-electron chi connectivity index (χ1n) is 10.4. The van der Waals surface area contributed by atoms with Crippen LogP contribution in [0.1, 0.15) is 56.0 Å². The molecule has 1 heterocycles. The largest absolute Gasteiger partial charge is 0.444 e. The van der Waals surface area contributed by atoms with Crippen LogP contribution in [0.15, 0.2) is 24.3 Å². The Kier molecular flexibility index (Phi) is 6.45. The van der Waals surface area contributed by atoms with Gasteiger partial charge in [-0.05, 0) is 57.7 Å². The Bertz CT molecular complexity index is 750. The first kappa shape index (κ1) is 21.1. The molecule has 1 aliphatic carbocycles. The molecule has 0 aromatic heterocycles. The minimum absolute atomic E-state index is 0.0374. The first-order valence-corrected chi connectivity index (χ1v) is 10.4. The molecule has 29 heavy (non-hydrogen) atoms. The van der Waals surface area contributed by atoms with Gasteiger partial charge in [0.2, 0.25) is 5.91 Å². The normalized spacial score (nSPS) is 17.5. The van der Waals surface area contributed by atoms with Crippen molar-refractivity contribution in [2.45, 2.75) is 52.2 Å². The van der Waals surface area contributed by atoms with Crippen molar-refractivity contribution < 1.29 is 19.1 Å². The molecule has 0 unspecified atom stereocenters. The van der Waals surface area contributed by atoms with E-state index in [1.165, 1.54) is 0 Å². The molecule has 0 atom stereocenters. The Labute approximate surface area is 172 Å². The Balaban J connectivity index is 1.51. The van der Waals surface area contributed by atoms with Crippen LogP contribution in [0.3, 0.4) is 0 Å². The van der Waals surface area contributed by atoms with Gasteiger partial charge in [0.1, 0.15) is 5.60 Å². The quantitative estimate of drug-likeness (QED) is 0.841. The van der Waals surface area contributed by atoms with E-state index in [2.05, 4.69) is 5.32 Å². The third kappa shape index (κ3) is 6.21. The summed E-state index contributed by atoms with van der Waals surface area (Å²) in [6, 6.07) is 7.37. The molecule has 1 aliphatic heterocycles. The second kappa shape index (κ2) is 8.84. The van der Waals surface area contributed by atoms with Gasteiger partial charge in [-0.25, -0.2) is 4.79 Å². The summed E-state index contributed by atoms with van der Waals surface area (Å²) < 4.78 is 5.44. The van der Waals surface area contributed by atoms with Gasteiger partial charge >= 0.3 is 6.09 Å². The van der Waals surface area contributed by atoms with Crippen molar-refractivity contribution in [3.8, 4) is 0 Å². The van der Waals surface area contributed by atoms with Gasteiger partial charge in [0.05, 0.1) is 0 Å². The lowest BCUT2D eigenvalue weighted by atomic mass is 10.1. The molecular formula is C22H31N3O4. The molecule has 0 bridgehead atoms. The molecule has 1 saturated heterocycles. The molecule has 7 nitrogen and oxygen atoms in total. The number of amides is 3. The van der Waals surface area contributed by atoms with E-state index in [-0.39, 0.29) is 23.8 Å². The van der Waals surface area contributed by atoms with Gasteiger partial charge in [0.25, 0.3) is 5.91 Å². The standard InChI is InChI=1S/C22H31N3O4/c1-22(2,3)29-21(28)25-12-4-11-24(13-14-25)20(27)18-7-5-16(6-8-18)15-23-19(26)17-9-10-17/h5-8,17H,4,9-15H2,1-3H3,(H,23,26).